The van der Waals surface area contributed by atoms with Crippen LogP contribution in [0.1, 0.15) is 15.9 Å². The zero-order valence-electron chi connectivity index (χ0n) is 7.15. The summed E-state index contributed by atoms with van der Waals surface area (Å²) >= 11 is 1.47. The van der Waals surface area contributed by atoms with Gasteiger partial charge in [-0.15, -0.1) is 11.3 Å². The third-order valence-electron chi connectivity index (χ3n) is 2.05. The van der Waals surface area contributed by atoms with Crippen LogP contribution in [0.2, 0.25) is 0 Å². The average molecular weight is 202 g/mol. The fraction of sp³-hybridized carbons (Fsp3) is 0. The number of aldehydes is 1. The highest BCUT2D eigenvalue weighted by Gasteiger charge is 2.10. The van der Waals surface area contributed by atoms with Crippen LogP contribution in [0.3, 0.4) is 0 Å². The molecule has 68 valence electrons. The molecule has 0 saturated carbocycles. The average Bonchev–Trinajstić information content (AvgIpc) is 2.66. The topological polar surface area (TPSA) is 66.9 Å². The quantitative estimate of drug-likeness (QED) is 0.569. The first-order valence-electron chi connectivity index (χ1n) is 3.93. The normalized spacial score (nSPS) is 9.93. The number of anilines is 1. The van der Waals surface area contributed by atoms with Gasteiger partial charge in [0, 0.05) is 10.9 Å². The zero-order chi connectivity index (χ0) is 10.1. The molecule has 0 aliphatic carbocycles. The summed E-state index contributed by atoms with van der Waals surface area (Å²) < 4.78 is 0.867. The fourth-order valence-electron chi connectivity index (χ4n) is 1.41. The lowest BCUT2D eigenvalue weighted by molar-refractivity contribution is 0.112. The summed E-state index contributed by atoms with van der Waals surface area (Å²) in [6.45, 7) is 0. The second-order valence-corrected chi connectivity index (χ2v) is 3.74. The maximum atomic E-state index is 10.8. The molecule has 3 nitrogen and oxygen atoms in total. The van der Waals surface area contributed by atoms with Crippen molar-refractivity contribution in [1.82, 2.24) is 0 Å². The Hall–Kier alpha value is -1.86. The molecule has 1 aromatic heterocycles. The van der Waals surface area contributed by atoms with Gasteiger partial charge in [0.25, 0.3) is 0 Å². The van der Waals surface area contributed by atoms with Gasteiger partial charge in [0.1, 0.15) is 0 Å². The lowest BCUT2D eigenvalue weighted by Gasteiger charge is -2.01. The Balaban J connectivity index is 2.97. The Morgan fingerprint density at radius 3 is 3.00 bits per heavy atom. The van der Waals surface area contributed by atoms with E-state index in [2.05, 4.69) is 0 Å². The molecule has 2 rings (SSSR count). The summed E-state index contributed by atoms with van der Waals surface area (Å²) in [7, 11) is 0. The molecule has 0 bridgehead atoms. The molecule has 0 aliphatic rings. The van der Waals surface area contributed by atoms with Gasteiger partial charge in [-0.1, -0.05) is 0 Å². The number of fused-ring (bicyclic) bond motifs is 1. The van der Waals surface area contributed by atoms with Crippen LogP contribution in [-0.4, -0.2) is 6.29 Å². The number of carbonyl (C=O) groups excluding carboxylic acids is 1. The highest BCUT2D eigenvalue weighted by molar-refractivity contribution is 7.17. The first-order chi connectivity index (χ1) is 6.77. The SMILES string of the molecule is N#Cc1cc(N)c2sccc2c1C=O. The molecule has 0 amide bonds. The number of carbonyl (C=O) groups is 1. The predicted octanol–water partition coefficient (Wildman–Crippen LogP) is 2.17. The lowest BCUT2D eigenvalue weighted by Crippen LogP contribution is -1.93. The highest BCUT2D eigenvalue weighted by Crippen LogP contribution is 2.31. The minimum Gasteiger partial charge on any atom is -0.398 e. The third-order valence-corrected chi connectivity index (χ3v) is 3.01. The molecular weight excluding hydrogens is 196 g/mol. The fourth-order valence-corrected chi connectivity index (χ4v) is 2.25. The molecule has 14 heavy (non-hydrogen) atoms. The van der Waals surface area contributed by atoms with Gasteiger partial charge in [0.05, 0.1) is 22.0 Å². The van der Waals surface area contributed by atoms with Crippen molar-refractivity contribution < 1.29 is 4.79 Å². The van der Waals surface area contributed by atoms with E-state index in [1.165, 1.54) is 11.3 Å². The number of nitrogens with two attached hydrogens (primary N) is 1. The lowest BCUT2D eigenvalue weighted by atomic mass is 10.0. The maximum absolute atomic E-state index is 10.8. The van der Waals surface area contributed by atoms with E-state index in [-0.39, 0.29) is 0 Å². The van der Waals surface area contributed by atoms with Crippen LogP contribution in [0.5, 0.6) is 0 Å². The summed E-state index contributed by atoms with van der Waals surface area (Å²) in [6.07, 6.45) is 0.701. The molecule has 0 atom stereocenters. The van der Waals surface area contributed by atoms with Crippen molar-refractivity contribution in [1.29, 1.82) is 5.26 Å². The number of nitriles is 1. The molecular formula is C10H6N2OS. The number of rotatable bonds is 1. The number of benzene rings is 1. The molecule has 2 N–H and O–H groups in total. The molecule has 1 heterocycles. The van der Waals surface area contributed by atoms with Crippen LogP contribution in [-0.2, 0) is 0 Å². The predicted molar refractivity (Wildman–Crippen MR) is 56.3 cm³/mol. The maximum Gasteiger partial charge on any atom is 0.152 e. The van der Waals surface area contributed by atoms with E-state index in [1.807, 2.05) is 11.4 Å². The molecule has 0 saturated heterocycles. The molecule has 2 aromatic rings. The number of nitrogens with zero attached hydrogens (tertiary/aromatic N) is 1. The van der Waals surface area contributed by atoms with Crippen LogP contribution >= 0.6 is 11.3 Å². The smallest absolute Gasteiger partial charge is 0.152 e. The van der Waals surface area contributed by atoms with Crippen molar-refractivity contribution in [2.24, 2.45) is 0 Å². The Morgan fingerprint density at radius 2 is 2.36 bits per heavy atom. The first kappa shape index (κ1) is 8.73. The second-order valence-electron chi connectivity index (χ2n) is 2.82. The van der Waals surface area contributed by atoms with Crippen molar-refractivity contribution in [2.45, 2.75) is 0 Å². The van der Waals surface area contributed by atoms with Crippen molar-refractivity contribution in [3.63, 3.8) is 0 Å². The van der Waals surface area contributed by atoms with Gasteiger partial charge in [-0.05, 0) is 17.5 Å². The van der Waals surface area contributed by atoms with Gasteiger partial charge in [-0.3, -0.25) is 4.79 Å². The van der Waals surface area contributed by atoms with E-state index < -0.39 is 0 Å². The van der Waals surface area contributed by atoms with Gasteiger partial charge in [0.2, 0.25) is 0 Å². The zero-order valence-corrected chi connectivity index (χ0v) is 7.97. The van der Waals surface area contributed by atoms with Crippen LogP contribution < -0.4 is 5.73 Å². The summed E-state index contributed by atoms with van der Waals surface area (Å²) in [5.41, 5.74) is 7.06. The van der Waals surface area contributed by atoms with Gasteiger partial charge in [-0.2, -0.15) is 5.26 Å². The van der Waals surface area contributed by atoms with E-state index in [1.54, 1.807) is 12.1 Å². The second kappa shape index (κ2) is 3.13. The summed E-state index contributed by atoms with van der Waals surface area (Å²) in [4.78, 5) is 10.8. The molecule has 4 heteroatoms. The van der Waals surface area contributed by atoms with Crippen molar-refractivity contribution in [2.75, 3.05) is 5.73 Å². The van der Waals surface area contributed by atoms with E-state index in [4.69, 9.17) is 11.0 Å². The third kappa shape index (κ3) is 1.07. The van der Waals surface area contributed by atoms with E-state index in [0.717, 1.165) is 10.1 Å². The first-order valence-corrected chi connectivity index (χ1v) is 4.81. The molecule has 0 radical (unpaired) electrons. The monoisotopic (exact) mass is 202 g/mol. The van der Waals surface area contributed by atoms with Gasteiger partial charge in [0.15, 0.2) is 6.29 Å². The number of thiophene rings is 1. The molecule has 0 spiro atoms. The minimum absolute atomic E-state index is 0.336. The number of hydrogen-bond acceptors (Lipinski definition) is 4. The van der Waals surface area contributed by atoms with Gasteiger partial charge in [-0.25, -0.2) is 0 Å². The van der Waals surface area contributed by atoms with E-state index in [0.29, 0.717) is 23.1 Å². The summed E-state index contributed by atoms with van der Waals surface area (Å²) in [6, 6.07) is 5.31. The standard InChI is InChI=1S/C10H6N2OS/c11-4-6-3-9(12)10-7(1-2-14-10)8(6)5-13/h1-3,5H,12H2. The van der Waals surface area contributed by atoms with Crippen molar-refractivity contribution >= 4 is 33.4 Å². The van der Waals surface area contributed by atoms with Crippen LogP contribution in [0.15, 0.2) is 17.5 Å². The largest absolute Gasteiger partial charge is 0.398 e. The number of hydrogen-bond donors (Lipinski definition) is 1. The molecule has 0 aliphatic heterocycles. The van der Waals surface area contributed by atoms with Crippen LogP contribution in [0.4, 0.5) is 5.69 Å². The van der Waals surface area contributed by atoms with Crippen LogP contribution in [0.25, 0.3) is 10.1 Å². The minimum atomic E-state index is 0.336. The Kier molecular flexibility index (Phi) is 1.95. The Morgan fingerprint density at radius 1 is 1.57 bits per heavy atom. The summed E-state index contributed by atoms with van der Waals surface area (Å²) in [5.74, 6) is 0. The molecule has 1 aromatic carbocycles. The van der Waals surface area contributed by atoms with E-state index in [9.17, 15) is 4.79 Å². The van der Waals surface area contributed by atoms with E-state index >= 15 is 0 Å². The number of nitrogen functional groups attached to an aromatic ring is 1. The Labute approximate surface area is 84.4 Å². The Bertz CT molecular complexity index is 551. The highest BCUT2D eigenvalue weighted by atomic mass is 32.1. The van der Waals surface area contributed by atoms with Crippen molar-refractivity contribution in [3.05, 3.63) is 28.6 Å². The van der Waals surface area contributed by atoms with Crippen LogP contribution in [0, 0.1) is 11.3 Å². The van der Waals surface area contributed by atoms with Gasteiger partial charge >= 0.3 is 0 Å². The van der Waals surface area contributed by atoms with Crippen molar-refractivity contribution in [3.8, 4) is 6.07 Å². The summed E-state index contributed by atoms with van der Waals surface area (Å²) in [5, 5.41) is 11.4. The molecule has 0 unspecified atom stereocenters. The molecule has 0 fully saturated rings. The van der Waals surface area contributed by atoms with Gasteiger partial charge < -0.3 is 5.73 Å².